The van der Waals surface area contributed by atoms with Crippen LogP contribution in [-0.2, 0) is 0 Å². The maximum Gasteiger partial charge on any atom is 0.354 e. The fourth-order valence-corrected chi connectivity index (χ4v) is 5.76. The van der Waals surface area contributed by atoms with Crippen LogP contribution in [-0.4, -0.2) is 20.9 Å². The Hall–Kier alpha value is -6.88. The minimum absolute atomic E-state index is 0.0216. The van der Waals surface area contributed by atoms with Gasteiger partial charge in [0.2, 0.25) is 0 Å². The third kappa shape index (κ3) is 6.67. The van der Waals surface area contributed by atoms with Crippen LogP contribution in [0.25, 0.3) is 40.1 Å². The molecule has 0 fully saturated rings. The van der Waals surface area contributed by atoms with Crippen molar-refractivity contribution in [3.8, 4) is 27.9 Å². The van der Waals surface area contributed by atoms with Crippen LogP contribution in [0, 0.1) is 0 Å². The lowest BCUT2D eigenvalue weighted by Gasteiger charge is -2.26. The van der Waals surface area contributed by atoms with Gasteiger partial charge in [-0.15, -0.1) is 5.73 Å². The molecule has 0 saturated carbocycles. The molecule has 0 spiro atoms. The van der Waals surface area contributed by atoms with Crippen molar-refractivity contribution in [3.05, 3.63) is 197 Å². The van der Waals surface area contributed by atoms with Gasteiger partial charge in [-0.1, -0.05) is 115 Å². The zero-order valence-corrected chi connectivity index (χ0v) is 26.4. The van der Waals surface area contributed by atoms with Gasteiger partial charge in [0.15, 0.2) is 5.69 Å². The summed E-state index contributed by atoms with van der Waals surface area (Å²) in [6, 6.07) is 54.5. The lowest BCUT2D eigenvalue weighted by molar-refractivity contribution is 0.0689. The van der Waals surface area contributed by atoms with E-state index < -0.39 is 11.5 Å². The number of benzene rings is 6. The highest BCUT2D eigenvalue weighted by molar-refractivity contribution is 5.90. The van der Waals surface area contributed by atoms with Gasteiger partial charge in [-0.05, 0) is 88.5 Å². The van der Waals surface area contributed by atoms with Crippen LogP contribution in [0.15, 0.2) is 174 Å². The summed E-state index contributed by atoms with van der Waals surface area (Å²) >= 11 is 0. The second-order valence-electron chi connectivity index (χ2n) is 11.4. The van der Waals surface area contributed by atoms with Gasteiger partial charge in [-0.2, -0.15) is 0 Å². The molecule has 0 aliphatic carbocycles. The van der Waals surface area contributed by atoms with Crippen molar-refractivity contribution in [2.24, 2.45) is 0 Å². The molecular weight excluding hydrogens is 606 g/mol. The number of nitrogens with zero attached hydrogens (tertiary/aromatic N) is 2. The third-order valence-corrected chi connectivity index (χ3v) is 8.25. The molecule has 0 amide bonds. The molecule has 1 aromatic heterocycles. The van der Waals surface area contributed by atoms with E-state index in [1.807, 2.05) is 66.7 Å². The Labute approximate surface area is 283 Å². The second kappa shape index (κ2) is 13.9. The van der Waals surface area contributed by atoms with Crippen molar-refractivity contribution >= 4 is 35.2 Å². The summed E-state index contributed by atoms with van der Waals surface area (Å²) in [6.45, 7) is 0. The largest absolute Gasteiger partial charge is 0.477 e. The Morgan fingerprint density at radius 3 is 1.47 bits per heavy atom. The third-order valence-electron chi connectivity index (χ3n) is 8.25. The number of carboxylic acid groups (broad SMARTS) is 1. The van der Waals surface area contributed by atoms with E-state index in [0.717, 1.165) is 44.9 Å². The average molecular weight is 638 g/mol. The Morgan fingerprint density at radius 2 is 1.00 bits per heavy atom. The maximum atomic E-state index is 13.1. The van der Waals surface area contributed by atoms with Crippen LogP contribution in [0.4, 0.5) is 17.1 Å². The number of rotatable bonds is 9. The summed E-state index contributed by atoms with van der Waals surface area (Å²) in [4.78, 5) is 27.2. The van der Waals surface area contributed by atoms with Crippen LogP contribution in [0.2, 0.25) is 0 Å². The van der Waals surface area contributed by atoms with E-state index in [9.17, 15) is 14.7 Å². The number of hydrogen-bond donors (Lipinski definition) is 2. The molecular formula is C43H31N3O3. The van der Waals surface area contributed by atoms with Crippen LogP contribution in [0.5, 0.6) is 0 Å². The molecule has 49 heavy (non-hydrogen) atoms. The van der Waals surface area contributed by atoms with Crippen LogP contribution >= 0.6 is 0 Å². The summed E-state index contributed by atoms with van der Waals surface area (Å²) in [5, 5.41) is 12.4. The first kappa shape index (κ1) is 30.8. The lowest BCUT2D eigenvalue weighted by atomic mass is 10.0. The summed E-state index contributed by atoms with van der Waals surface area (Å²) < 4.78 is 1.22. The summed E-state index contributed by atoms with van der Waals surface area (Å²) in [5.74, 6) is -1.22. The predicted octanol–water partition coefficient (Wildman–Crippen LogP) is 9.99. The highest BCUT2D eigenvalue weighted by atomic mass is 16.4. The van der Waals surface area contributed by atoms with Gasteiger partial charge in [-0.25, -0.2) is 9.48 Å². The summed E-state index contributed by atoms with van der Waals surface area (Å²) in [5.41, 5.74) is 11.3. The fourth-order valence-electron chi connectivity index (χ4n) is 5.76. The van der Waals surface area contributed by atoms with Crippen molar-refractivity contribution < 1.29 is 9.90 Å². The van der Waals surface area contributed by atoms with Crippen LogP contribution in [0.3, 0.4) is 0 Å². The molecule has 7 rings (SSSR count). The number of hydrogen-bond acceptors (Lipinski definition) is 3. The highest BCUT2D eigenvalue weighted by Crippen LogP contribution is 2.37. The number of nitrogens with one attached hydrogen (secondary N) is 1. The molecule has 236 valence electrons. The number of H-pyrrole nitrogens is 1. The monoisotopic (exact) mass is 637 g/mol. The number of aromatic carboxylic acids is 1. The maximum absolute atomic E-state index is 13.1. The molecule has 2 N–H and O–H groups in total. The smallest absolute Gasteiger partial charge is 0.354 e. The van der Waals surface area contributed by atoms with Gasteiger partial charge >= 0.3 is 5.97 Å². The van der Waals surface area contributed by atoms with Crippen molar-refractivity contribution in [1.82, 2.24) is 9.78 Å². The number of anilines is 3. The second-order valence-corrected chi connectivity index (χ2v) is 11.4. The number of carboxylic acids is 1. The number of para-hydroxylation sites is 1. The van der Waals surface area contributed by atoms with E-state index in [-0.39, 0.29) is 11.3 Å². The quantitative estimate of drug-likeness (QED) is 0.154. The molecule has 0 atom stereocenters. The van der Waals surface area contributed by atoms with Gasteiger partial charge in [0.05, 0.1) is 11.3 Å². The summed E-state index contributed by atoms with van der Waals surface area (Å²) in [7, 11) is 0. The Kier molecular flexibility index (Phi) is 8.70. The van der Waals surface area contributed by atoms with Crippen molar-refractivity contribution in [2.45, 2.75) is 0 Å². The van der Waals surface area contributed by atoms with E-state index in [0.29, 0.717) is 5.69 Å². The van der Waals surface area contributed by atoms with Crippen molar-refractivity contribution in [1.29, 1.82) is 0 Å². The zero-order valence-electron chi connectivity index (χ0n) is 26.4. The van der Waals surface area contributed by atoms with E-state index in [4.69, 9.17) is 0 Å². The van der Waals surface area contributed by atoms with E-state index >= 15 is 0 Å². The Balaban J connectivity index is 1.20. The van der Waals surface area contributed by atoms with E-state index in [2.05, 4.69) is 88.5 Å². The molecule has 0 radical (unpaired) electrons. The molecule has 7 aromatic rings. The van der Waals surface area contributed by atoms with Gasteiger partial charge in [0, 0.05) is 17.1 Å². The molecule has 0 aliphatic rings. The zero-order chi connectivity index (χ0) is 33.6. The van der Waals surface area contributed by atoms with Crippen LogP contribution < -0.4 is 10.5 Å². The first-order chi connectivity index (χ1) is 24.0. The topological polar surface area (TPSA) is 78.3 Å². The molecule has 6 nitrogen and oxygen atoms in total. The molecule has 6 heteroatoms. The van der Waals surface area contributed by atoms with Gasteiger partial charge in [-0.3, -0.25) is 9.89 Å². The average Bonchev–Trinajstić information content (AvgIpc) is 3.50. The van der Waals surface area contributed by atoms with Gasteiger partial charge < -0.3 is 10.0 Å². The predicted molar refractivity (Wildman–Crippen MR) is 198 cm³/mol. The number of carbonyl (C=O) groups is 1. The molecule has 0 aliphatic heterocycles. The normalized spacial score (nSPS) is 10.6. The molecule has 6 aromatic carbocycles. The van der Waals surface area contributed by atoms with Crippen molar-refractivity contribution in [3.63, 3.8) is 0 Å². The number of aromatic amines is 1. The van der Waals surface area contributed by atoms with Gasteiger partial charge in [0.25, 0.3) is 5.56 Å². The minimum atomic E-state index is -1.22. The first-order valence-corrected chi connectivity index (χ1v) is 15.8. The first-order valence-electron chi connectivity index (χ1n) is 15.8. The molecule has 0 saturated heterocycles. The van der Waals surface area contributed by atoms with Gasteiger partial charge in [0.1, 0.15) is 0 Å². The van der Waals surface area contributed by atoms with E-state index in [1.165, 1.54) is 10.8 Å². The standard InChI is InChI=1S/C43H31N3O3/c47-42-40(41(43(48)49)44-46(42)39-16-8-3-9-17-39)18-10-11-31-19-25-36(26-20-31)45(37-27-21-34(22-28-37)32-12-4-1-5-13-32)38-29-23-35(24-30-38)33-14-6-2-7-15-33/h1-9,11-30,44H,(H,48,49). The minimum Gasteiger partial charge on any atom is -0.477 e. The Morgan fingerprint density at radius 1 is 0.571 bits per heavy atom. The van der Waals surface area contributed by atoms with Crippen molar-refractivity contribution in [2.75, 3.05) is 4.90 Å². The number of aromatic nitrogens is 2. The fraction of sp³-hybridized carbons (Fsp3) is 0. The summed E-state index contributed by atoms with van der Waals surface area (Å²) in [6.07, 6.45) is 3.13. The Bertz CT molecular complexity index is 2230. The van der Waals surface area contributed by atoms with Crippen LogP contribution in [0.1, 0.15) is 21.6 Å². The molecule has 1 heterocycles. The lowest BCUT2D eigenvalue weighted by Crippen LogP contribution is -2.15. The highest BCUT2D eigenvalue weighted by Gasteiger charge is 2.18. The molecule has 0 unspecified atom stereocenters. The SMILES string of the molecule is O=C(O)c1[nH]n(-c2ccccc2)c(=O)c1C=C=Cc1ccc(N(c2ccc(-c3ccccc3)cc2)c2ccc(-c3ccccc3)cc2)cc1. The van der Waals surface area contributed by atoms with E-state index in [1.54, 1.807) is 30.3 Å². The molecule has 0 bridgehead atoms.